The van der Waals surface area contributed by atoms with Gasteiger partial charge in [0, 0.05) is 22.3 Å². The summed E-state index contributed by atoms with van der Waals surface area (Å²) in [7, 11) is 0. The second kappa shape index (κ2) is 7.56. The Labute approximate surface area is 136 Å². The van der Waals surface area contributed by atoms with E-state index in [1.165, 1.54) is 10.4 Å². The van der Waals surface area contributed by atoms with Crippen LogP contribution in [-0.2, 0) is 11.2 Å². The first kappa shape index (κ1) is 16.7. The zero-order valence-corrected chi connectivity index (χ0v) is 14.2. The SMILES string of the molecule is Cc1ccc(CC(=O)NCC(N)c2ccc(C(C)C)cc2)s1. The molecule has 0 aliphatic heterocycles. The summed E-state index contributed by atoms with van der Waals surface area (Å²) in [6, 6.07) is 12.2. The number of thiophene rings is 1. The van der Waals surface area contributed by atoms with Gasteiger partial charge in [-0.1, -0.05) is 38.1 Å². The predicted octanol–water partition coefficient (Wildman–Crippen LogP) is 3.54. The molecular weight excluding hydrogens is 292 g/mol. The van der Waals surface area contributed by atoms with Gasteiger partial charge in [-0.3, -0.25) is 4.79 Å². The van der Waals surface area contributed by atoms with Crippen LogP contribution in [0.15, 0.2) is 36.4 Å². The standard InChI is InChI=1S/C18H24N2OS/c1-12(2)14-5-7-15(8-6-14)17(19)11-20-18(21)10-16-9-4-13(3)22-16/h4-9,12,17H,10-11,19H2,1-3H3,(H,20,21). The number of carbonyl (C=O) groups excluding carboxylic acids is 1. The van der Waals surface area contributed by atoms with Crippen LogP contribution in [-0.4, -0.2) is 12.5 Å². The van der Waals surface area contributed by atoms with Gasteiger partial charge < -0.3 is 11.1 Å². The number of hydrogen-bond donors (Lipinski definition) is 2. The van der Waals surface area contributed by atoms with Crippen molar-refractivity contribution < 1.29 is 4.79 Å². The molecule has 3 nitrogen and oxygen atoms in total. The van der Waals surface area contributed by atoms with Crippen molar-refractivity contribution in [3.63, 3.8) is 0 Å². The van der Waals surface area contributed by atoms with E-state index >= 15 is 0 Å². The third-order valence-corrected chi connectivity index (χ3v) is 4.68. The van der Waals surface area contributed by atoms with Crippen molar-refractivity contribution in [3.05, 3.63) is 57.3 Å². The van der Waals surface area contributed by atoms with E-state index in [1.54, 1.807) is 11.3 Å². The number of hydrogen-bond acceptors (Lipinski definition) is 3. The highest BCUT2D eigenvalue weighted by atomic mass is 32.1. The summed E-state index contributed by atoms with van der Waals surface area (Å²) in [6.07, 6.45) is 0.428. The fourth-order valence-electron chi connectivity index (χ4n) is 2.27. The molecule has 0 bridgehead atoms. The molecule has 1 atom stereocenters. The number of rotatable bonds is 6. The van der Waals surface area contributed by atoms with Gasteiger partial charge in [0.1, 0.15) is 0 Å². The Morgan fingerprint density at radius 3 is 2.32 bits per heavy atom. The number of carbonyl (C=O) groups is 1. The minimum Gasteiger partial charge on any atom is -0.354 e. The summed E-state index contributed by atoms with van der Waals surface area (Å²) in [5, 5.41) is 2.92. The number of benzene rings is 1. The topological polar surface area (TPSA) is 55.1 Å². The summed E-state index contributed by atoms with van der Waals surface area (Å²) in [4.78, 5) is 14.3. The van der Waals surface area contributed by atoms with Gasteiger partial charge in [0.2, 0.25) is 5.91 Å². The van der Waals surface area contributed by atoms with Crippen molar-refractivity contribution in [2.75, 3.05) is 6.54 Å². The minimum atomic E-state index is -0.171. The molecule has 0 radical (unpaired) electrons. The Morgan fingerprint density at radius 2 is 1.77 bits per heavy atom. The molecular formula is C18H24N2OS. The smallest absolute Gasteiger partial charge is 0.225 e. The second-order valence-electron chi connectivity index (χ2n) is 5.92. The Balaban J connectivity index is 1.83. The largest absolute Gasteiger partial charge is 0.354 e. The van der Waals surface area contributed by atoms with Gasteiger partial charge >= 0.3 is 0 Å². The number of aryl methyl sites for hydroxylation is 1. The van der Waals surface area contributed by atoms with Crippen molar-refractivity contribution in [1.29, 1.82) is 0 Å². The lowest BCUT2D eigenvalue weighted by molar-refractivity contribution is -0.120. The van der Waals surface area contributed by atoms with Crippen LogP contribution in [0.25, 0.3) is 0 Å². The third-order valence-electron chi connectivity index (χ3n) is 3.68. The van der Waals surface area contributed by atoms with Crippen molar-refractivity contribution in [3.8, 4) is 0 Å². The molecule has 1 unspecified atom stereocenters. The van der Waals surface area contributed by atoms with Crippen LogP contribution in [0.5, 0.6) is 0 Å². The molecule has 0 spiro atoms. The maximum atomic E-state index is 11.9. The van der Waals surface area contributed by atoms with E-state index in [9.17, 15) is 4.79 Å². The molecule has 118 valence electrons. The van der Waals surface area contributed by atoms with Gasteiger partial charge in [0.25, 0.3) is 0 Å². The molecule has 0 saturated carbocycles. The zero-order valence-electron chi connectivity index (χ0n) is 13.4. The van der Waals surface area contributed by atoms with Crippen LogP contribution in [0.1, 0.15) is 46.7 Å². The van der Waals surface area contributed by atoms with Gasteiger partial charge in [-0.15, -0.1) is 11.3 Å². The highest BCUT2D eigenvalue weighted by molar-refractivity contribution is 7.12. The molecule has 22 heavy (non-hydrogen) atoms. The van der Waals surface area contributed by atoms with E-state index in [1.807, 2.05) is 19.1 Å². The lowest BCUT2D eigenvalue weighted by atomic mass is 9.99. The number of nitrogens with two attached hydrogens (primary N) is 1. The molecule has 0 fully saturated rings. The quantitative estimate of drug-likeness (QED) is 0.856. The molecule has 0 aliphatic rings. The lowest BCUT2D eigenvalue weighted by Crippen LogP contribution is -2.32. The lowest BCUT2D eigenvalue weighted by Gasteiger charge is -2.14. The normalized spacial score (nSPS) is 12.4. The third kappa shape index (κ3) is 4.68. The number of amides is 1. The first-order chi connectivity index (χ1) is 10.5. The summed E-state index contributed by atoms with van der Waals surface area (Å²) in [5.74, 6) is 0.537. The van der Waals surface area contributed by atoms with Gasteiger partial charge in [0.05, 0.1) is 6.42 Å². The maximum Gasteiger partial charge on any atom is 0.225 e. The Bertz CT molecular complexity index is 616. The summed E-state index contributed by atoms with van der Waals surface area (Å²) >= 11 is 1.66. The van der Waals surface area contributed by atoms with Crippen LogP contribution in [0, 0.1) is 6.92 Å². The van der Waals surface area contributed by atoms with Gasteiger partial charge in [-0.25, -0.2) is 0 Å². The molecule has 1 aromatic heterocycles. The van der Waals surface area contributed by atoms with Crippen molar-refractivity contribution >= 4 is 17.2 Å². The fraction of sp³-hybridized carbons (Fsp3) is 0.389. The first-order valence-corrected chi connectivity index (χ1v) is 8.45. The Kier molecular flexibility index (Phi) is 5.75. The summed E-state index contributed by atoms with van der Waals surface area (Å²) in [6.45, 7) is 6.84. The fourth-order valence-corrected chi connectivity index (χ4v) is 3.16. The second-order valence-corrected chi connectivity index (χ2v) is 7.29. The average molecular weight is 316 g/mol. The molecule has 0 aliphatic carbocycles. The monoisotopic (exact) mass is 316 g/mol. The van der Waals surface area contributed by atoms with Gasteiger partial charge in [0.15, 0.2) is 0 Å². The molecule has 2 rings (SSSR count). The molecule has 0 saturated heterocycles. The summed E-state index contributed by atoms with van der Waals surface area (Å²) in [5.41, 5.74) is 8.51. The zero-order chi connectivity index (χ0) is 16.1. The molecule has 2 aromatic rings. The molecule has 1 heterocycles. The van der Waals surface area contributed by atoms with E-state index in [2.05, 4.69) is 43.4 Å². The average Bonchev–Trinajstić information content (AvgIpc) is 2.90. The van der Waals surface area contributed by atoms with Crippen LogP contribution in [0.2, 0.25) is 0 Å². The van der Waals surface area contributed by atoms with Gasteiger partial charge in [-0.2, -0.15) is 0 Å². The highest BCUT2D eigenvalue weighted by Gasteiger charge is 2.10. The van der Waals surface area contributed by atoms with Crippen molar-refractivity contribution in [2.24, 2.45) is 5.73 Å². The van der Waals surface area contributed by atoms with Crippen LogP contribution >= 0.6 is 11.3 Å². The van der Waals surface area contributed by atoms with Crippen LogP contribution < -0.4 is 11.1 Å². The first-order valence-electron chi connectivity index (χ1n) is 7.63. The van der Waals surface area contributed by atoms with E-state index in [0.717, 1.165) is 10.4 Å². The molecule has 4 heteroatoms. The van der Waals surface area contributed by atoms with Crippen LogP contribution in [0.3, 0.4) is 0 Å². The molecule has 1 amide bonds. The maximum absolute atomic E-state index is 11.9. The molecule has 3 N–H and O–H groups in total. The van der Waals surface area contributed by atoms with E-state index < -0.39 is 0 Å². The van der Waals surface area contributed by atoms with Crippen molar-refractivity contribution in [2.45, 2.75) is 39.2 Å². The van der Waals surface area contributed by atoms with Crippen LogP contribution in [0.4, 0.5) is 0 Å². The van der Waals surface area contributed by atoms with E-state index in [0.29, 0.717) is 18.9 Å². The van der Waals surface area contributed by atoms with Crippen molar-refractivity contribution in [1.82, 2.24) is 5.32 Å². The predicted molar refractivity (Wildman–Crippen MR) is 93.2 cm³/mol. The minimum absolute atomic E-state index is 0.0242. The Morgan fingerprint density at radius 1 is 1.14 bits per heavy atom. The highest BCUT2D eigenvalue weighted by Crippen LogP contribution is 2.18. The van der Waals surface area contributed by atoms with Gasteiger partial charge in [-0.05, 0) is 36.1 Å². The summed E-state index contributed by atoms with van der Waals surface area (Å²) < 4.78 is 0. The number of nitrogens with one attached hydrogen (secondary N) is 1. The molecule has 1 aromatic carbocycles. The van der Waals surface area contributed by atoms with E-state index in [-0.39, 0.29) is 11.9 Å². The Hall–Kier alpha value is -1.65. The van der Waals surface area contributed by atoms with E-state index in [4.69, 9.17) is 5.73 Å².